The molecule has 1 atom stereocenters. The first-order valence-electron chi connectivity index (χ1n) is 6.63. The number of hydrogen-bond acceptors (Lipinski definition) is 3. The fourth-order valence-corrected chi connectivity index (χ4v) is 1.71. The Balaban J connectivity index is 1.73. The minimum absolute atomic E-state index is 0.136. The SMILES string of the molecule is CC(COC(=O)c1ccccc1)OCc1ccccc1. The van der Waals surface area contributed by atoms with Gasteiger partial charge in [0.05, 0.1) is 18.3 Å². The highest BCUT2D eigenvalue weighted by Crippen LogP contribution is 2.05. The van der Waals surface area contributed by atoms with Crippen molar-refractivity contribution in [2.75, 3.05) is 6.61 Å². The lowest BCUT2D eigenvalue weighted by Gasteiger charge is -2.13. The predicted molar refractivity (Wildman–Crippen MR) is 77.4 cm³/mol. The molecule has 0 N–H and O–H groups in total. The van der Waals surface area contributed by atoms with Crippen LogP contribution in [0.1, 0.15) is 22.8 Å². The summed E-state index contributed by atoms with van der Waals surface area (Å²) in [6, 6.07) is 18.9. The van der Waals surface area contributed by atoms with Crippen LogP contribution in [0, 0.1) is 0 Å². The van der Waals surface area contributed by atoms with Crippen LogP contribution in [0.5, 0.6) is 0 Å². The molecule has 0 fully saturated rings. The number of carbonyl (C=O) groups is 1. The monoisotopic (exact) mass is 270 g/mol. The molecule has 0 heterocycles. The summed E-state index contributed by atoms with van der Waals surface area (Å²) in [4.78, 5) is 11.7. The Bertz CT molecular complexity index is 522. The van der Waals surface area contributed by atoms with Gasteiger partial charge in [0.2, 0.25) is 0 Å². The van der Waals surface area contributed by atoms with E-state index >= 15 is 0 Å². The smallest absolute Gasteiger partial charge is 0.338 e. The van der Waals surface area contributed by atoms with E-state index < -0.39 is 0 Å². The molecule has 104 valence electrons. The van der Waals surface area contributed by atoms with Crippen molar-refractivity contribution in [3.8, 4) is 0 Å². The Morgan fingerprint density at radius 3 is 2.25 bits per heavy atom. The van der Waals surface area contributed by atoms with Gasteiger partial charge in [-0.2, -0.15) is 0 Å². The van der Waals surface area contributed by atoms with Crippen LogP contribution >= 0.6 is 0 Å². The first-order valence-corrected chi connectivity index (χ1v) is 6.63. The number of benzene rings is 2. The molecule has 3 heteroatoms. The number of rotatable bonds is 6. The van der Waals surface area contributed by atoms with Gasteiger partial charge in [-0.05, 0) is 24.6 Å². The summed E-state index contributed by atoms with van der Waals surface area (Å²) in [7, 11) is 0. The Morgan fingerprint density at radius 1 is 1.00 bits per heavy atom. The van der Waals surface area contributed by atoms with Crippen LogP contribution in [0.2, 0.25) is 0 Å². The lowest BCUT2D eigenvalue weighted by atomic mass is 10.2. The highest BCUT2D eigenvalue weighted by atomic mass is 16.6. The van der Waals surface area contributed by atoms with Crippen molar-refractivity contribution in [3.63, 3.8) is 0 Å². The maximum Gasteiger partial charge on any atom is 0.338 e. The summed E-state index contributed by atoms with van der Waals surface area (Å²) < 4.78 is 10.9. The first kappa shape index (κ1) is 14.3. The van der Waals surface area contributed by atoms with E-state index in [1.54, 1.807) is 12.1 Å². The summed E-state index contributed by atoms with van der Waals surface area (Å²) in [6.07, 6.45) is -0.136. The molecule has 0 saturated heterocycles. The highest BCUT2D eigenvalue weighted by Gasteiger charge is 2.09. The van der Waals surface area contributed by atoms with Crippen molar-refractivity contribution in [2.45, 2.75) is 19.6 Å². The number of ether oxygens (including phenoxy) is 2. The Labute approximate surface area is 119 Å². The van der Waals surface area contributed by atoms with Gasteiger partial charge in [-0.15, -0.1) is 0 Å². The van der Waals surface area contributed by atoms with Crippen molar-refractivity contribution in [1.82, 2.24) is 0 Å². The second-order valence-corrected chi connectivity index (χ2v) is 4.57. The summed E-state index contributed by atoms with van der Waals surface area (Å²) in [5, 5.41) is 0. The minimum Gasteiger partial charge on any atom is -0.459 e. The molecule has 0 aliphatic carbocycles. The zero-order valence-corrected chi connectivity index (χ0v) is 11.5. The molecular weight excluding hydrogens is 252 g/mol. The van der Waals surface area contributed by atoms with E-state index in [9.17, 15) is 4.79 Å². The van der Waals surface area contributed by atoms with Crippen LogP contribution in [-0.4, -0.2) is 18.7 Å². The second-order valence-electron chi connectivity index (χ2n) is 4.57. The summed E-state index contributed by atoms with van der Waals surface area (Å²) in [6.45, 7) is 2.66. The van der Waals surface area contributed by atoms with E-state index in [-0.39, 0.29) is 18.7 Å². The molecule has 1 unspecified atom stereocenters. The van der Waals surface area contributed by atoms with Gasteiger partial charge >= 0.3 is 5.97 Å². The van der Waals surface area contributed by atoms with E-state index in [1.807, 2.05) is 55.5 Å². The summed E-state index contributed by atoms with van der Waals surface area (Å²) >= 11 is 0. The second kappa shape index (κ2) is 7.46. The normalized spacial score (nSPS) is 11.8. The van der Waals surface area contributed by atoms with E-state index in [0.717, 1.165) is 5.56 Å². The van der Waals surface area contributed by atoms with Crippen LogP contribution in [-0.2, 0) is 16.1 Å². The standard InChI is InChI=1S/C17H18O3/c1-14(19-13-15-8-4-2-5-9-15)12-20-17(18)16-10-6-3-7-11-16/h2-11,14H,12-13H2,1H3. The lowest BCUT2D eigenvalue weighted by Crippen LogP contribution is -2.19. The average molecular weight is 270 g/mol. The average Bonchev–Trinajstić information content (AvgIpc) is 2.52. The predicted octanol–water partition coefficient (Wildman–Crippen LogP) is 3.45. The summed E-state index contributed by atoms with van der Waals surface area (Å²) in [5.74, 6) is -0.319. The van der Waals surface area contributed by atoms with Gasteiger partial charge in [-0.25, -0.2) is 4.79 Å². The van der Waals surface area contributed by atoms with Gasteiger partial charge in [0, 0.05) is 0 Å². The van der Waals surface area contributed by atoms with Gasteiger partial charge in [0.15, 0.2) is 0 Å². The van der Waals surface area contributed by atoms with Crippen molar-refractivity contribution in [2.24, 2.45) is 0 Å². The van der Waals surface area contributed by atoms with Crippen LogP contribution in [0.15, 0.2) is 60.7 Å². The largest absolute Gasteiger partial charge is 0.459 e. The molecular formula is C17H18O3. The third-order valence-electron chi connectivity index (χ3n) is 2.84. The van der Waals surface area contributed by atoms with Crippen LogP contribution in [0.3, 0.4) is 0 Å². The lowest BCUT2D eigenvalue weighted by molar-refractivity contribution is -0.00689. The molecule has 3 nitrogen and oxygen atoms in total. The molecule has 0 bridgehead atoms. The van der Waals surface area contributed by atoms with Crippen molar-refractivity contribution in [3.05, 3.63) is 71.8 Å². The van der Waals surface area contributed by atoms with Gasteiger partial charge in [0.25, 0.3) is 0 Å². The zero-order chi connectivity index (χ0) is 14.2. The van der Waals surface area contributed by atoms with E-state index in [2.05, 4.69) is 0 Å². The molecule has 0 aromatic heterocycles. The third-order valence-corrected chi connectivity index (χ3v) is 2.84. The minimum atomic E-state index is -0.319. The number of carbonyl (C=O) groups excluding carboxylic acids is 1. The first-order chi connectivity index (χ1) is 9.75. The molecule has 0 spiro atoms. The van der Waals surface area contributed by atoms with Crippen molar-refractivity contribution < 1.29 is 14.3 Å². The maximum absolute atomic E-state index is 11.7. The van der Waals surface area contributed by atoms with E-state index in [4.69, 9.17) is 9.47 Å². The molecule has 0 saturated carbocycles. The van der Waals surface area contributed by atoms with Crippen LogP contribution in [0.25, 0.3) is 0 Å². The Hall–Kier alpha value is -2.13. The highest BCUT2D eigenvalue weighted by molar-refractivity contribution is 5.89. The molecule has 0 aliphatic heterocycles. The molecule has 2 aromatic carbocycles. The van der Waals surface area contributed by atoms with Gasteiger partial charge in [-0.1, -0.05) is 48.5 Å². The Kier molecular flexibility index (Phi) is 5.33. The van der Waals surface area contributed by atoms with Crippen molar-refractivity contribution >= 4 is 5.97 Å². The van der Waals surface area contributed by atoms with Gasteiger partial charge < -0.3 is 9.47 Å². The Morgan fingerprint density at radius 2 is 1.60 bits per heavy atom. The third kappa shape index (κ3) is 4.52. The van der Waals surface area contributed by atoms with Crippen LogP contribution < -0.4 is 0 Å². The van der Waals surface area contributed by atoms with Gasteiger partial charge in [0.1, 0.15) is 6.61 Å². The molecule has 2 aromatic rings. The molecule has 0 radical (unpaired) electrons. The van der Waals surface area contributed by atoms with E-state index in [1.165, 1.54) is 0 Å². The fourth-order valence-electron chi connectivity index (χ4n) is 1.71. The number of hydrogen-bond donors (Lipinski definition) is 0. The summed E-state index contributed by atoms with van der Waals surface area (Å²) in [5.41, 5.74) is 1.66. The fraction of sp³-hybridized carbons (Fsp3) is 0.235. The number of esters is 1. The topological polar surface area (TPSA) is 35.5 Å². The zero-order valence-electron chi connectivity index (χ0n) is 11.5. The molecule has 0 amide bonds. The van der Waals surface area contributed by atoms with Crippen molar-refractivity contribution in [1.29, 1.82) is 0 Å². The molecule has 2 rings (SSSR count). The van der Waals surface area contributed by atoms with Crippen LogP contribution in [0.4, 0.5) is 0 Å². The quantitative estimate of drug-likeness (QED) is 0.754. The van der Waals surface area contributed by atoms with Gasteiger partial charge in [-0.3, -0.25) is 0 Å². The maximum atomic E-state index is 11.7. The van der Waals surface area contributed by atoms with E-state index in [0.29, 0.717) is 12.2 Å². The molecule has 0 aliphatic rings. The molecule has 20 heavy (non-hydrogen) atoms.